The van der Waals surface area contributed by atoms with Gasteiger partial charge in [0.1, 0.15) is 6.54 Å². The van der Waals surface area contributed by atoms with Crippen molar-refractivity contribution in [1.29, 1.82) is 0 Å². The van der Waals surface area contributed by atoms with Gasteiger partial charge in [-0.05, 0) is 38.2 Å². The van der Waals surface area contributed by atoms with Crippen molar-refractivity contribution in [2.75, 3.05) is 7.05 Å². The standard InChI is InChI=1S/C20H23N5O2/c1-12-5-4-6-14(9-12)19-21-17(27-24-19)11-25(3)20(26)18-15-10-13(2)7-8-16(15)22-23-18/h4-6,9,13H,7-8,10-11H2,1-3H3,(H,22,23)/t13-/m0/s1. The highest BCUT2D eigenvalue weighted by Gasteiger charge is 2.27. The molecule has 1 aliphatic carbocycles. The molecule has 0 spiro atoms. The van der Waals surface area contributed by atoms with Crippen LogP contribution in [0.15, 0.2) is 28.8 Å². The molecule has 1 atom stereocenters. The fraction of sp³-hybridized carbons (Fsp3) is 0.400. The molecule has 0 saturated carbocycles. The second kappa shape index (κ2) is 6.98. The Morgan fingerprint density at radius 2 is 2.26 bits per heavy atom. The highest BCUT2D eigenvalue weighted by molar-refractivity contribution is 5.93. The Balaban J connectivity index is 1.49. The Bertz CT molecular complexity index is 974. The number of carbonyl (C=O) groups is 1. The van der Waals surface area contributed by atoms with Gasteiger partial charge in [-0.1, -0.05) is 35.8 Å². The third-order valence-corrected chi connectivity index (χ3v) is 5.06. The predicted octanol–water partition coefficient (Wildman–Crippen LogP) is 3.17. The Labute approximate surface area is 157 Å². The number of hydrogen-bond acceptors (Lipinski definition) is 5. The number of nitrogens with zero attached hydrogens (tertiary/aromatic N) is 4. The molecule has 3 aromatic rings. The van der Waals surface area contributed by atoms with E-state index in [1.165, 1.54) is 0 Å². The minimum Gasteiger partial charge on any atom is -0.337 e. The van der Waals surface area contributed by atoms with Crippen molar-refractivity contribution in [2.24, 2.45) is 5.92 Å². The van der Waals surface area contributed by atoms with E-state index in [9.17, 15) is 4.79 Å². The van der Waals surface area contributed by atoms with Crippen LogP contribution in [-0.2, 0) is 19.4 Å². The van der Waals surface area contributed by atoms with Crippen molar-refractivity contribution in [3.8, 4) is 11.4 Å². The third-order valence-electron chi connectivity index (χ3n) is 5.06. The molecule has 0 radical (unpaired) electrons. The number of carbonyl (C=O) groups excluding carboxylic acids is 1. The molecule has 4 rings (SSSR count). The first-order valence-electron chi connectivity index (χ1n) is 9.22. The van der Waals surface area contributed by atoms with E-state index in [0.29, 0.717) is 23.3 Å². The van der Waals surface area contributed by atoms with Crippen molar-refractivity contribution in [3.63, 3.8) is 0 Å². The van der Waals surface area contributed by atoms with Crippen LogP contribution in [0.3, 0.4) is 0 Å². The maximum absolute atomic E-state index is 12.9. The second-order valence-electron chi connectivity index (χ2n) is 7.42. The summed E-state index contributed by atoms with van der Waals surface area (Å²) in [4.78, 5) is 18.9. The Kier molecular flexibility index (Phi) is 4.51. The summed E-state index contributed by atoms with van der Waals surface area (Å²) in [6.07, 6.45) is 2.96. The molecule has 1 aromatic carbocycles. The molecule has 140 valence electrons. The van der Waals surface area contributed by atoms with Crippen LogP contribution in [0.25, 0.3) is 11.4 Å². The van der Waals surface area contributed by atoms with Crippen molar-refractivity contribution in [3.05, 3.63) is 52.7 Å². The van der Waals surface area contributed by atoms with Crippen molar-refractivity contribution in [1.82, 2.24) is 25.2 Å². The first kappa shape index (κ1) is 17.5. The van der Waals surface area contributed by atoms with E-state index < -0.39 is 0 Å². The van der Waals surface area contributed by atoms with Crippen molar-refractivity contribution in [2.45, 2.75) is 39.7 Å². The molecule has 0 bridgehead atoms. The number of aromatic amines is 1. The molecule has 0 fully saturated rings. The fourth-order valence-electron chi connectivity index (χ4n) is 3.52. The fourth-order valence-corrected chi connectivity index (χ4v) is 3.52. The Hall–Kier alpha value is -2.96. The summed E-state index contributed by atoms with van der Waals surface area (Å²) in [6, 6.07) is 7.91. The topological polar surface area (TPSA) is 87.9 Å². The van der Waals surface area contributed by atoms with Gasteiger partial charge in [0.15, 0.2) is 5.69 Å². The normalized spacial score (nSPS) is 16.2. The van der Waals surface area contributed by atoms with E-state index in [1.807, 2.05) is 31.2 Å². The largest absolute Gasteiger partial charge is 0.337 e. The molecule has 1 N–H and O–H groups in total. The van der Waals surface area contributed by atoms with Crippen LogP contribution in [0, 0.1) is 12.8 Å². The summed E-state index contributed by atoms with van der Waals surface area (Å²) in [6.45, 7) is 4.47. The molecule has 2 aromatic heterocycles. The first-order valence-corrected chi connectivity index (χ1v) is 9.22. The lowest BCUT2D eigenvalue weighted by Crippen LogP contribution is -2.28. The second-order valence-corrected chi connectivity index (χ2v) is 7.42. The zero-order chi connectivity index (χ0) is 19.0. The Morgan fingerprint density at radius 3 is 3.07 bits per heavy atom. The molecule has 7 nitrogen and oxygen atoms in total. The average Bonchev–Trinajstić information content (AvgIpc) is 3.27. The van der Waals surface area contributed by atoms with Gasteiger partial charge < -0.3 is 9.42 Å². The van der Waals surface area contributed by atoms with Crippen LogP contribution in [0.5, 0.6) is 0 Å². The van der Waals surface area contributed by atoms with Gasteiger partial charge in [0, 0.05) is 23.9 Å². The van der Waals surface area contributed by atoms with Crippen LogP contribution >= 0.6 is 0 Å². The minimum atomic E-state index is -0.128. The molecular formula is C20H23N5O2. The highest BCUT2D eigenvalue weighted by Crippen LogP contribution is 2.27. The maximum atomic E-state index is 12.9. The lowest BCUT2D eigenvalue weighted by Gasteiger charge is -2.19. The molecule has 7 heteroatoms. The molecule has 27 heavy (non-hydrogen) atoms. The Morgan fingerprint density at radius 1 is 1.41 bits per heavy atom. The average molecular weight is 365 g/mol. The number of H-pyrrole nitrogens is 1. The van der Waals surface area contributed by atoms with Crippen LogP contribution in [-0.4, -0.2) is 38.2 Å². The molecular weight excluding hydrogens is 342 g/mol. The van der Waals surface area contributed by atoms with Crippen LogP contribution in [0.2, 0.25) is 0 Å². The van der Waals surface area contributed by atoms with Gasteiger partial charge in [-0.2, -0.15) is 10.1 Å². The van der Waals surface area contributed by atoms with E-state index in [4.69, 9.17) is 4.52 Å². The summed E-state index contributed by atoms with van der Waals surface area (Å²) < 4.78 is 5.34. The minimum absolute atomic E-state index is 0.128. The number of fused-ring (bicyclic) bond motifs is 1. The maximum Gasteiger partial charge on any atom is 0.274 e. The number of hydrogen-bond donors (Lipinski definition) is 1. The van der Waals surface area contributed by atoms with E-state index in [1.54, 1.807) is 11.9 Å². The summed E-state index contributed by atoms with van der Waals surface area (Å²) in [5, 5.41) is 11.3. The molecule has 1 amide bonds. The number of amides is 1. The number of nitrogens with one attached hydrogen (secondary N) is 1. The van der Waals surface area contributed by atoms with E-state index in [2.05, 4.69) is 27.3 Å². The first-order chi connectivity index (χ1) is 13.0. The lowest BCUT2D eigenvalue weighted by molar-refractivity contribution is 0.0762. The van der Waals surface area contributed by atoms with Gasteiger partial charge in [-0.3, -0.25) is 9.89 Å². The van der Waals surface area contributed by atoms with Crippen molar-refractivity contribution < 1.29 is 9.32 Å². The lowest BCUT2D eigenvalue weighted by atomic mass is 9.87. The van der Waals surface area contributed by atoms with Gasteiger partial charge in [-0.15, -0.1) is 0 Å². The van der Waals surface area contributed by atoms with E-state index in [0.717, 1.165) is 41.6 Å². The van der Waals surface area contributed by atoms with Crippen LogP contribution in [0.4, 0.5) is 0 Å². The summed E-state index contributed by atoms with van der Waals surface area (Å²) in [5.41, 5.74) is 4.68. The van der Waals surface area contributed by atoms with Crippen LogP contribution < -0.4 is 0 Å². The number of aromatic nitrogens is 4. The summed E-state index contributed by atoms with van der Waals surface area (Å²) in [7, 11) is 1.73. The van der Waals surface area contributed by atoms with Gasteiger partial charge in [-0.25, -0.2) is 0 Å². The van der Waals surface area contributed by atoms with Gasteiger partial charge in [0.2, 0.25) is 11.7 Å². The van der Waals surface area contributed by atoms with Gasteiger partial charge in [0.25, 0.3) is 5.91 Å². The number of benzene rings is 1. The number of rotatable bonds is 4. The van der Waals surface area contributed by atoms with Crippen molar-refractivity contribution >= 4 is 5.91 Å². The quantitative estimate of drug-likeness (QED) is 0.767. The van der Waals surface area contributed by atoms with E-state index >= 15 is 0 Å². The molecule has 2 heterocycles. The monoisotopic (exact) mass is 365 g/mol. The molecule has 0 saturated heterocycles. The van der Waals surface area contributed by atoms with Crippen LogP contribution in [0.1, 0.15) is 46.5 Å². The zero-order valence-electron chi connectivity index (χ0n) is 15.8. The van der Waals surface area contributed by atoms with Gasteiger partial charge in [0.05, 0.1) is 0 Å². The molecule has 0 aliphatic heterocycles. The van der Waals surface area contributed by atoms with E-state index in [-0.39, 0.29) is 12.5 Å². The third kappa shape index (κ3) is 3.49. The van der Waals surface area contributed by atoms with Gasteiger partial charge >= 0.3 is 0 Å². The summed E-state index contributed by atoms with van der Waals surface area (Å²) in [5.74, 6) is 1.37. The zero-order valence-corrected chi connectivity index (χ0v) is 15.8. The SMILES string of the molecule is Cc1cccc(-c2noc(CN(C)C(=O)c3n[nH]c4c3C[C@@H](C)CC4)n2)c1. The summed E-state index contributed by atoms with van der Waals surface area (Å²) >= 11 is 0. The number of aryl methyl sites for hydroxylation is 2. The molecule has 1 aliphatic rings. The smallest absolute Gasteiger partial charge is 0.274 e. The predicted molar refractivity (Wildman–Crippen MR) is 100 cm³/mol. The molecule has 0 unspecified atom stereocenters. The highest BCUT2D eigenvalue weighted by atomic mass is 16.5.